The van der Waals surface area contributed by atoms with E-state index in [0.717, 1.165) is 18.2 Å². The lowest BCUT2D eigenvalue weighted by atomic mass is 10.2. The van der Waals surface area contributed by atoms with Crippen molar-refractivity contribution in [3.05, 3.63) is 38.4 Å². The van der Waals surface area contributed by atoms with Crippen molar-refractivity contribution in [2.75, 3.05) is 11.4 Å². The molecule has 0 spiro atoms. The molecule has 10 nitrogen and oxygen atoms in total. The minimum atomic E-state index is -5.04. The summed E-state index contributed by atoms with van der Waals surface area (Å²) in [5.41, 5.74) is -2.12. The number of carbonyl (C=O) groups excluding carboxylic acids is 1. The van der Waals surface area contributed by atoms with Crippen LogP contribution in [-0.2, 0) is 15.0 Å². The highest BCUT2D eigenvalue weighted by atomic mass is 32.3. The van der Waals surface area contributed by atoms with Crippen LogP contribution in [-0.4, -0.2) is 36.0 Å². The Kier molecular flexibility index (Phi) is 3.79. The molecule has 0 aliphatic carbocycles. The Morgan fingerprint density at radius 2 is 1.68 bits per heavy atom. The summed E-state index contributed by atoms with van der Waals surface area (Å²) in [5, 5.41) is 20.3. The number of rotatable bonds is 4. The molecule has 0 radical (unpaired) electrons. The monoisotopic (exact) mass is 333 g/mol. The van der Waals surface area contributed by atoms with E-state index in [1.165, 1.54) is 0 Å². The van der Waals surface area contributed by atoms with Gasteiger partial charge in [-0.3, -0.25) is 29.9 Å². The van der Waals surface area contributed by atoms with Crippen molar-refractivity contribution >= 4 is 33.2 Å². The second kappa shape index (κ2) is 5.29. The third kappa shape index (κ3) is 2.72. The van der Waals surface area contributed by atoms with Gasteiger partial charge in [0.05, 0.1) is 9.85 Å². The van der Waals surface area contributed by atoms with Crippen molar-refractivity contribution in [1.29, 1.82) is 0 Å². The van der Waals surface area contributed by atoms with Crippen LogP contribution in [0.2, 0.25) is 0 Å². The van der Waals surface area contributed by atoms with Crippen molar-refractivity contribution in [2.24, 2.45) is 0 Å². The van der Waals surface area contributed by atoms with Crippen LogP contribution in [0.4, 0.5) is 20.9 Å². The van der Waals surface area contributed by atoms with Gasteiger partial charge in [0.25, 0.3) is 11.4 Å². The zero-order valence-corrected chi connectivity index (χ0v) is 11.5. The number of hydrogen-bond donors (Lipinski definition) is 0. The first kappa shape index (κ1) is 15.8. The average molecular weight is 333 g/mol. The van der Waals surface area contributed by atoms with E-state index in [9.17, 15) is 37.3 Å². The molecule has 1 amide bonds. The van der Waals surface area contributed by atoms with Crippen LogP contribution in [0.3, 0.4) is 0 Å². The lowest BCUT2D eigenvalue weighted by Gasteiger charge is -2.15. The van der Waals surface area contributed by atoms with Gasteiger partial charge in [0.1, 0.15) is 5.25 Å². The Balaban J connectivity index is 2.59. The molecule has 1 fully saturated rings. The molecular formula is C10H8FN3O7S. The van der Waals surface area contributed by atoms with Crippen molar-refractivity contribution in [2.45, 2.75) is 11.7 Å². The first-order chi connectivity index (χ1) is 10.1. The molecule has 0 N–H and O–H groups in total. The highest BCUT2D eigenvalue weighted by molar-refractivity contribution is 7.87. The van der Waals surface area contributed by atoms with E-state index < -0.39 is 61.3 Å². The fraction of sp³-hybridized carbons (Fsp3) is 0.300. The Morgan fingerprint density at radius 3 is 2.05 bits per heavy atom. The molecule has 2 rings (SSSR count). The van der Waals surface area contributed by atoms with Gasteiger partial charge >= 0.3 is 10.2 Å². The standard InChI is InChI=1S/C10H8FN3O7S/c11-22(20,21)6-4-9(15)12(5-6)10-7(13(16)17)2-1-3-8(10)14(18)19/h1-3,6H,4-5H2. The van der Waals surface area contributed by atoms with E-state index in [1.54, 1.807) is 0 Å². The lowest BCUT2D eigenvalue weighted by molar-refractivity contribution is -0.392. The maximum atomic E-state index is 13.0. The second-order valence-corrected chi connectivity index (χ2v) is 6.08. The van der Waals surface area contributed by atoms with E-state index in [4.69, 9.17) is 0 Å². The molecule has 1 aliphatic rings. The third-order valence-corrected chi connectivity index (χ3v) is 4.26. The molecule has 1 aromatic rings. The smallest absolute Gasteiger partial charge is 0.299 e. The summed E-state index contributed by atoms with van der Waals surface area (Å²) in [5.74, 6) is -0.941. The molecule has 1 atom stereocenters. The third-order valence-electron chi connectivity index (χ3n) is 3.14. The Bertz CT molecular complexity index is 746. The van der Waals surface area contributed by atoms with Gasteiger partial charge in [-0.2, -0.15) is 8.42 Å². The second-order valence-electron chi connectivity index (χ2n) is 4.47. The number of nitro benzene ring substituents is 2. The molecule has 1 aromatic carbocycles. The zero-order chi connectivity index (χ0) is 16.7. The number of para-hydroxylation sites is 1. The summed E-state index contributed by atoms with van der Waals surface area (Å²) in [6.45, 7) is -0.719. The minimum Gasteiger partial charge on any atom is -0.299 e. The number of nitro groups is 2. The van der Waals surface area contributed by atoms with Gasteiger partial charge < -0.3 is 0 Å². The zero-order valence-electron chi connectivity index (χ0n) is 10.7. The summed E-state index contributed by atoms with van der Waals surface area (Å²) in [6, 6.07) is 2.93. The predicted octanol–water partition coefficient (Wildman–Crippen LogP) is 0.908. The van der Waals surface area contributed by atoms with E-state index in [1.807, 2.05) is 0 Å². The molecule has 1 heterocycles. The molecule has 1 aliphatic heterocycles. The fourth-order valence-corrected chi connectivity index (χ4v) is 2.84. The summed E-state index contributed by atoms with van der Waals surface area (Å²) < 4.78 is 34.8. The van der Waals surface area contributed by atoms with Crippen molar-refractivity contribution in [3.8, 4) is 0 Å². The van der Waals surface area contributed by atoms with Crippen LogP contribution in [0, 0.1) is 20.2 Å². The SMILES string of the molecule is O=C1CC(S(=O)(=O)F)CN1c1c([N+](=O)[O-])cccc1[N+](=O)[O-]. The van der Waals surface area contributed by atoms with Crippen molar-refractivity contribution in [1.82, 2.24) is 0 Å². The Morgan fingerprint density at radius 1 is 1.18 bits per heavy atom. The van der Waals surface area contributed by atoms with Crippen molar-refractivity contribution < 1.29 is 26.9 Å². The maximum absolute atomic E-state index is 13.0. The van der Waals surface area contributed by atoms with Gasteiger partial charge in [-0.25, -0.2) is 0 Å². The van der Waals surface area contributed by atoms with Crippen LogP contribution in [0.25, 0.3) is 0 Å². The topological polar surface area (TPSA) is 141 Å². The van der Waals surface area contributed by atoms with Crippen LogP contribution in [0.1, 0.15) is 6.42 Å². The van der Waals surface area contributed by atoms with Crippen LogP contribution < -0.4 is 4.90 Å². The van der Waals surface area contributed by atoms with Crippen molar-refractivity contribution in [3.63, 3.8) is 0 Å². The largest absolute Gasteiger partial charge is 0.307 e. The maximum Gasteiger partial charge on any atom is 0.307 e. The van der Waals surface area contributed by atoms with E-state index in [-0.39, 0.29) is 0 Å². The molecule has 0 saturated carbocycles. The number of amides is 1. The van der Waals surface area contributed by atoms with Gasteiger partial charge in [0.15, 0.2) is 0 Å². The molecule has 22 heavy (non-hydrogen) atoms. The highest BCUT2D eigenvalue weighted by Crippen LogP contribution is 2.40. The number of anilines is 1. The average Bonchev–Trinajstić information content (AvgIpc) is 2.79. The summed E-state index contributed by atoms with van der Waals surface area (Å²) in [7, 11) is -5.04. The number of benzene rings is 1. The molecule has 0 bridgehead atoms. The highest BCUT2D eigenvalue weighted by Gasteiger charge is 2.43. The Labute approximate surface area is 122 Å². The van der Waals surface area contributed by atoms with Crippen LogP contribution in [0.5, 0.6) is 0 Å². The fourth-order valence-electron chi connectivity index (χ4n) is 2.17. The van der Waals surface area contributed by atoms with Gasteiger partial charge in [-0.05, 0) is 6.07 Å². The first-order valence-corrected chi connectivity index (χ1v) is 7.23. The van der Waals surface area contributed by atoms with Crippen LogP contribution in [0.15, 0.2) is 18.2 Å². The van der Waals surface area contributed by atoms with E-state index >= 15 is 0 Å². The summed E-state index contributed by atoms with van der Waals surface area (Å²) >= 11 is 0. The molecule has 1 unspecified atom stereocenters. The number of nitrogens with zero attached hydrogens (tertiary/aromatic N) is 3. The quantitative estimate of drug-likeness (QED) is 0.453. The number of carbonyl (C=O) groups is 1. The summed E-state index contributed by atoms with van der Waals surface area (Å²) in [6.07, 6.45) is -0.734. The normalized spacial score (nSPS) is 18.5. The lowest BCUT2D eigenvalue weighted by Crippen LogP contribution is -2.28. The number of hydrogen-bond acceptors (Lipinski definition) is 7. The van der Waals surface area contributed by atoms with E-state index in [2.05, 4.69) is 0 Å². The summed E-state index contributed by atoms with van der Waals surface area (Å²) in [4.78, 5) is 32.5. The molecule has 118 valence electrons. The molecular weight excluding hydrogens is 325 g/mol. The molecule has 12 heteroatoms. The predicted molar refractivity (Wildman–Crippen MR) is 70.5 cm³/mol. The van der Waals surface area contributed by atoms with Crippen LogP contribution >= 0.6 is 0 Å². The van der Waals surface area contributed by atoms with Gasteiger partial charge in [-0.1, -0.05) is 0 Å². The van der Waals surface area contributed by atoms with Gasteiger partial charge in [-0.15, -0.1) is 3.89 Å². The van der Waals surface area contributed by atoms with Gasteiger partial charge in [0, 0.05) is 25.1 Å². The molecule has 1 saturated heterocycles. The van der Waals surface area contributed by atoms with Gasteiger partial charge in [0.2, 0.25) is 11.6 Å². The first-order valence-electron chi connectivity index (χ1n) is 5.78. The molecule has 0 aromatic heterocycles. The Hall–Kier alpha value is -2.63. The minimum absolute atomic E-state index is 0.568. The van der Waals surface area contributed by atoms with E-state index in [0.29, 0.717) is 4.90 Å². The number of halogens is 1.